The molecule has 132 valence electrons. The Kier molecular flexibility index (Phi) is 8.13. The minimum absolute atomic E-state index is 0.0848. The monoisotopic (exact) mass is 339 g/mol. The van der Waals surface area contributed by atoms with Crippen molar-refractivity contribution in [3.8, 4) is 0 Å². The van der Waals surface area contributed by atoms with Crippen molar-refractivity contribution in [2.24, 2.45) is 5.10 Å². The van der Waals surface area contributed by atoms with E-state index in [1.165, 1.54) is 6.07 Å². The summed E-state index contributed by atoms with van der Waals surface area (Å²) in [6.07, 6.45) is 1.80. The number of hydrazone groups is 1. The molecule has 0 fully saturated rings. The second-order valence-electron chi connectivity index (χ2n) is 4.77. The highest BCUT2D eigenvalue weighted by molar-refractivity contribution is 6.35. The molecule has 0 aromatic carbocycles. The number of carbonyl (C=O) groups is 2. The highest BCUT2D eigenvalue weighted by Gasteiger charge is 2.13. The molecule has 10 nitrogen and oxygen atoms in total. The first kappa shape index (κ1) is 19.3. The Balaban J connectivity index is 2.29. The number of nitrogens with one attached hydrogen (secondary N) is 2. The number of nitrogens with zero attached hydrogens (tertiary/aromatic N) is 3. The predicted octanol–water partition coefficient (Wildman–Crippen LogP) is 0.486. The van der Waals surface area contributed by atoms with Crippen molar-refractivity contribution in [2.75, 3.05) is 26.2 Å². The highest BCUT2D eigenvalue weighted by atomic mass is 16.6. The third-order valence-corrected chi connectivity index (χ3v) is 3.19. The molecule has 0 saturated carbocycles. The minimum atomic E-state index is -0.921. The van der Waals surface area contributed by atoms with Crippen LogP contribution in [0.2, 0.25) is 0 Å². The summed E-state index contributed by atoms with van der Waals surface area (Å²) in [5.74, 6) is -2.07. The molecule has 1 rings (SSSR count). The van der Waals surface area contributed by atoms with Gasteiger partial charge >= 0.3 is 17.7 Å². The predicted molar refractivity (Wildman–Crippen MR) is 86.5 cm³/mol. The van der Waals surface area contributed by atoms with Crippen LogP contribution in [-0.2, 0) is 9.59 Å². The Morgan fingerprint density at radius 1 is 1.33 bits per heavy atom. The molecule has 0 spiro atoms. The second kappa shape index (κ2) is 10.1. The van der Waals surface area contributed by atoms with Crippen molar-refractivity contribution in [1.82, 2.24) is 15.6 Å². The van der Waals surface area contributed by atoms with Crippen molar-refractivity contribution < 1.29 is 18.9 Å². The van der Waals surface area contributed by atoms with Gasteiger partial charge in [-0.3, -0.25) is 19.7 Å². The van der Waals surface area contributed by atoms with Crippen LogP contribution in [0.5, 0.6) is 0 Å². The number of hydrogen-bond acceptors (Lipinski definition) is 7. The van der Waals surface area contributed by atoms with E-state index in [2.05, 4.69) is 29.2 Å². The Hall–Kier alpha value is -2.75. The molecule has 0 atom stereocenters. The lowest BCUT2D eigenvalue weighted by Crippen LogP contribution is -2.39. The molecule has 1 aromatic heterocycles. The molecule has 0 bridgehead atoms. The summed E-state index contributed by atoms with van der Waals surface area (Å²) in [5, 5.41) is 16.4. The Morgan fingerprint density at radius 2 is 2.04 bits per heavy atom. The summed E-state index contributed by atoms with van der Waals surface area (Å²) in [7, 11) is 0. The standard InChI is InChI=1S/C14H21N5O5/c1-3-18(4-2)9-5-8-15-13(20)14(21)17-16-10-11-6-7-12(24-11)19(22)23/h6-7,10H,3-5,8-9H2,1-2H3,(H,15,20)(H,17,21)/b16-10+. The first-order valence-corrected chi connectivity index (χ1v) is 7.55. The fraction of sp³-hybridized carbons (Fsp3) is 0.500. The number of carbonyl (C=O) groups excluding carboxylic acids is 2. The van der Waals surface area contributed by atoms with Crippen LogP contribution in [0.3, 0.4) is 0 Å². The van der Waals surface area contributed by atoms with Gasteiger partial charge in [-0.1, -0.05) is 13.8 Å². The molecule has 0 radical (unpaired) electrons. The number of nitro groups is 1. The lowest BCUT2D eigenvalue weighted by Gasteiger charge is -2.17. The lowest BCUT2D eigenvalue weighted by atomic mass is 10.3. The van der Waals surface area contributed by atoms with Crippen molar-refractivity contribution in [3.05, 3.63) is 28.0 Å². The van der Waals surface area contributed by atoms with Gasteiger partial charge in [-0.25, -0.2) is 5.43 Å². The molecule has 0 aliphatic heterocycles. The van der Waals surface area contributed by atoms with E-state index >= 15 is 0 Å². The molecule has 10 heteroatoms. The summed E-state index contributed by atoms with van der Waals surface area (Å²) < 4.78 is 4.81. The van der Waals surface area contributed by atoms with Gasteiger partial charge in [0.1, 0.15) is 4.92 Å². The van der Waals surface area contributed by atoms with Crippen molar-refractivity contribution in [3.63, 3.8) is 0 Å². The highest BCUT2D eigenvalue weighted by Crippen LogP contribution is 2.13. The van der Waals surface area contributed by atoms with Crippen LogP contribution in [0, 0.1) is 10.1 Å². The second-order valence-corrected chi connectivity index (χ2v) is 4.77. The van der Waals surface area contributed by atoms with E-state index in [0.29, 0.717) is 6.54 Å². The molecule has 0 aliphatic rings. The molecule has 2 amide bonds. The lowest BCUT2D eigenvalue weighted by molar-refractivity contribution is -0.402. The van der Waals surface area contributed by atoms with Gasteiger partial charge < -0.3 is 14.6 Å². The van der Waals surface area contributed by atoms with Crippen molar-refractivity contribution >= 4 is 23.9 Å². The zero-order valence-electron chi connectivity index (χ0n) is 13.7. The van der Waals surface area contributed by atoms with Crippen LogP contribution in [-0.4, -0.2) is 54.0 Å². The van der Waals surface area contributed by atoms with Crippen LogP contribution in [0.25, 0.3) is 0 Å². The molecular weight excluding hydrogens is 318 g/mol. The van der Waals surface area contributed by atoms with Gasteiger partial charge in [-0.2, -0.15) is 5.10 Å². The maximum absolute atomic E-state index is 11.5. The maximum Gasteiger partial charge on any atom is 0.433 e. The first-order chi connectivity index (χ1) is 11.5. The smallest absolute Gasteiger partial charge is 0.400 e. The molecule has 0 aliphatic carbocycles. The molecule has 1 aromatic rings. The molecule has 0 unspecified atom stereocenters. The first-order valence-electron chi connectivity index (χ1n) is 7.55. The van der Waals surface area contributed by atoms with Gasteiger partial charge in [0.2, 0.25) is 0 Å². The van der Waals surface area contributed by atoms with Gasteiger partial charge in [0.15, 0.2) is 5.76 Å². The normalized spacial score (nSPS) is 11.0. The average Bonchev–Trinajstić information content (AvgIpc) is 3.04. The van der Waals surface area contributed by atoms with Crippen LogP contribution in [0.4, 0.5) is 5.88 Å². The van der Waals surface area contributed by atoms with Gasteiger partial charge in [0.05, 0.1) is 12.3 Å². The Bertz CT molecular complexity index is 594. The molecular formula is C14H21N5O5. The summed E-state index contributed by atoms with van der Waals surface area (Å²) in [4.78, 5) is 35.0. The van der Waals surface area contributed by atoms with Gasteiger partial charge in [-0.15, -0.1) is 0 Å². The largest absolute Gasteiger partial charge is 0.433 e. The topological polar surface area (TPSA) is 130 Å². The average molecular weight is 339 g/mol. The van der Waals surface area contributed by atoms with Gasteiger partial charge in [0, 0.05) is 6.54 Å². The van der Waals surface area contributed by atoms with E-state index in [4.69, 9.17) is 4.42 Å². The maximum atomic E-state index is 11.5. The van der Waals surface area contributed by atoms with Crippen molar-refractivity contribution in [2.45, 2.75) is 20.3 Å². The molecule has 24 heavy (non-hydrogen) atoms. The molecule has 2 N–H and O–H groups in total. The zero-order chi connectivity index (χ0) is 17.9. The third-order valence-electron chi connectivity index (χ3n) is 3.19. The fourth-order valence-corrected chi connectivity index (χ4v) is 1.84. The Morgan fingerprint density at radius 3 is 2.62 bits per heavy atom. The number of hydrogen-bond donors (Lipinski definition) is 2. The van der Waals surface area contributed by atoms with E-state index in [1.54, 1.807) is 0 Å². The van der Waals surface area contributed by atoms with E-state index in [9.17, 15) is 19.7 Å². The summed E-state index contributed by atoms with van der Waals surface area (Å²) in [5.41, 5.74) is 2.02. The van der Waals surface area contributed by atoms with Gasteiger partial charge in [0.25, 0.3) is 0 Å². The number of rotatable bonds is 9. The molecule has 1 heterocycles. The SMILES string of the molecule is CCN(CC)CCCNC(=O)C(=O)N/N=C/c1ccc([N+](=O)[O-])o1. The van der Waals surface area contributed by atoms with Crippen LogP contribution in [0.15, 0.2) is 21.7 Å². The zero-order valence-corrected chi connectivity index (χ0v) is 13.7. The third kappa shape index (κ3) is 6.57. The molecule has 0 saturated heterocycles. The van der Waals surface area contributed by atoms with Crippen LogP contribution < -0.4 is 10.7 Å². The summed E-state index contributed by atoms with van der Waals surface area (Å²) in [6.45, 7) is 7.21. The number of furan rings is 1. The minimum Gasteiger partial charge on any atom is -0.400 e. The number of amides is 2. The fourth-order valence-electron chi connectivity index (χ4n) is 1.84. The van der Waals surface area contributed by atoms with E-state index in [0.717, 1.165) is 38.3 Å². The van der Waals surface area contributed by atoms with E-state index < -0.39 is 22.6 Å². The van der Waals surface area contributed by atoms with Crippen LogP contribution >= 0.6 is 0 Å². The quantitative estimate of drug-likeness (QED) is 0.221. The summed E-state index contributed by atoms with van der Waals surface area (Å²) >= 11 is 0. The van der Waals surface area contributed by atoms with Crippen molar-refractivity contribution in [1.29, 1.82) is 0 Å². The Labute approximate surface area is 139 Å². The van der Waals surface area contributed by atoms with E-state index in [1.807, 2.05) is 5.43 Å². The van der Waals surface area contributed by atoms with Crippen LogP contribution in [0.1, 0.15) is 26.0 Å². The summed E-state index contributed by atoms with van der Waals surface area (Å²) in [6, 6.07) is 2.48. The van der Waals surface area contributed by atoms with Gasteiger partial charge in [-0.05, 0) is 32.1 Å². The van der Waals surface area contributed by atoms with E-state index in [-0.39, 0.29) is 5.76 Å².